The van der Waals surface area contributed by atoms with Gasteiger partial charge in [-0.25, -0.2) is 0 Å². The van der Waals surface area contributed by atoms with Crippen LogP contribution in [-0.4, -0.2) is 16.1 Å². The molecule has 0 saturated heterocycles. The zero-order valence-electron chi connectivity index (χ0n) is 19.1. The molecule has 0 unspecified atom stereocenters. The van der Waals surface area contributed by atoms with Crippen molar-refractivity contribution in [2.24, 2.45) is 0 Å². The summed E-state index contributed by atoms with van der Waals surface area (Å²) in [5.74, 6) is 0. The lowest BCUT2D eigenvalue weighted by atomic mass is 10.2. The molecule has 0 atom stereocenters. The van der Waals surface area contributed by atoms with Crippen molar-refractivity contribution in [3.8, 4) is 29.3 Å². The lowest BCUT2D eigenvalue weighted by molar-refractivity contribution is 1.54. The second kappa shape index (κ2) is 7.98. The fourth-order valence-corrected chi connectivity index (χ4v) is 12.0. The Morgan fingerprint density at radius 3 is 1.17 bits per heavy atom. The molecular weight excluding hydrogens is 473 g/mol. The van der Waals surface area contributed by atoms with Crippen LogP contribution < -0.4 is 9.00 Å². The molecular formula is C24H30S4Si2. The van der Waals surface area contributed by atoms with Gasteiger partial charge >= 0.3 is 0 Å². The third-order valence-electron chi connectivity index (χ3n) is 5.22. The number of aryl methyl sites for hydroxylation is 2. The maximum atomic E-state index is 2.43. The molecule has 0 spiro atoms. The van der Waals surface area contributed by atoms with Crippen LogP contribution in [0.3, 0.4) is 0 Å². The molecule has 0 aliphatic rings. The maximum Gasteiger partial charge on any atom is 0.0904 e. The summed E-state index contributed by atoms with van der Waals surface area (Å²) in [6.45, 7) is 19.1. The van der Waals surface area contributed by atoms with Crippen molar-refractivity contribution in [1.29, 1.82) is 0 Å². The van der Waals surface area contributed by atoms with E-state index in [4.69, 9.17) is 0 Å². The third kappa shape index (κ3) is 4.40. The van der Waals surface area contributed by atoms with E-state index in [0.717, 1.165) is 0 Å². The fourth-order valence-electron chi connectivity index (χ4n) is 3.42. The summed E-state index contributed by atoms with van der Waals surface area (Å²) in [5.41, 5.74) is 2.81. The standard InChI is InChI=1S/C24H30S4Si2/c1-15-13-19(27-23(15)17-9-11-21(25-17)29(3,4)5)20-14-16(2)24(28-20)18-10-12-22(26-18)30(6,7)8/h9-14H,1-8H3. The van der Waals surface area contributed by atoms with Crippen molar-refractivity contribution in [3.05, 3.63) is 47.5 Å². The Bertz CT molecular complexity index is 1090. The van der Waals surface area contributed by atoms with Crippen LogP contribution in [0.15, 0.2) is 36.4 Å². The molecule has 0 amide bonds. The summed E-state index contributed by atoms with van der Waals surface area (Å²) >= 11 is 7.94. The van der Waals surface area contributed by atoms with Gasteiger partial charge in [-0.2, -0.15) is 0 Å². The molecule has 0 aromatic carbocycles. The van der Waals surface area contributed by atoms with Crippen molar-refractivity contribution in [2.75, 3.05) is 0 Å². The highest BCUT2D eigenvalue weighted by atomic mass is 32.1. The van der Waals surface area contributed by atoms with Crippen LogP contribution in [0.5, 0.6) is 0 Å². The van der Waals surface area contributed by atoms with Gasteiger partial charge in [0.25, 0.3) is 0 Å². The summed E-state index contributed by atoms with van der Waals surface area (Å²) < 4.78 is 3.19. The van der Waals surface area contributed by atoms with E-state index in [2.05, 4.69) is 89.5 Å². The van der Waals surface area contributed by atoms with Crippen molar-refractivity contribution in [2.45, 2.75) is 53.1 Å². The first-order chi connectivity index (χ1) is 13.9. The van der Waals surface area contributed by atoms with E-state index < -0.39 is 16.1 Å². The molecule has 4 rings (SSSR count). The van der Waals surface area contributed by atoms with Gasteiger partial charge in [-0.3, -0.25) is 0 Å². The predicted octanol–water partition coefficient (Wildman–Crippen LogP) is 8.64. The normalized spacial score (nSPS) is 12.7. The number of thiophene rings is 4. The summed E-state index contributed by atoms with van der Waals surface area (Å²) in [5, 5.41) is 0. The third-order valence-corrected chi connectivity index (χ3v) is 17.6. The van der Waals surface area contributed by atoms with Gasteiger partial charge in [-0.05, 0) is 58.2 Å². The lowest BCUT2D eigenvalue weighted by Crippen LogP contribution is -2.34. The van der Waals surface area contributed by atoms with Gasteiger partial charge < -0.3 is 0 Å². The van der Waals surface area contributed by atoms with Crippen molar-refractivity contribution < 1.29 is 0 Å². The van der Waals surface area contributed by atoms with Crippen LogP contribution in [0.1, 0.15) is 11.1 Å². The van der Waals surface area contributed by atoms with Gasteiger partial charge in [0.15, 0.2) is 0 Å². The Kier molecular flexibility index (Phi) is 5.96. The first-order valence-corrected chi connectivity index (χ1v) is 20.6. The molecule has 6 heteroatoms. The summed E-state index contributed by atoms with van der Waals surface area (Å²) in [6.07, 6.45) is 0. The number of hydrogen-bond donors (Lipinski definition) is 0. The molecule has 30 heavy (non-hydrogen) atoms. The fraction of sp³-hybridized carbons (Fsp3) is 0.333. The SMILES string of the molecule is Cc1cc(-c2cc(C)c(-c3ccc([Si](C)(C)C)s3)s2)sc1-c1ccc([Si](C)(C)C)s1. The Hall–Kier alpha value is -0.766. The zero-order valence-corrected chi connectivity index (χ0v) is 24.4. The molecule has 0 nitrogen and oxygen atoms in total. The highest BCUT2D eigenvalue weighted by Gasteiger charge is 2.22. The molecule has 4 aromatic rings. The monoisotopic (exact) mass is 502 g/mol. The molecule has 0 saturated carbocycles. The molecule has 0 aliphatic heterocycles. The van der Waals surface area contributed by atoms with Gasteiger partial charge in [0.05, 0.1) is 16.1 Å². The highest BCUT2D eigenvalue weighted by molar-refractivity contribution is 7.33. The van der Waals surface area contributed by atoms with Gasteiger partial charge in [0.1, 0.15) is 0 Å². The molecule has 0 radical (unpaired) electrons. The highest BCUT2D eigenvalue weighted by Crippen LogP contribution is 2.45. The minimum Gasteiger partial charge on any atom is -0.144 e. The molecule has 4 aromatic heterocycles. The Morgan fingerprint density at radius 2 is 0.867 bits per heavy atom. The summed E-state index contributed by atoms with van der Waals surface area (Å²) in [4.78, 5) is 8.59. The minimum absolute atomic E-state index is 1.24. The molecule has 0 N–H and O–H groups in total. The van der Waals surface area contributed by atoms with E-state index in [-0.39, 0.29) is 0 Å². The van der Waals surface area contributed by atoms with E-state index >= 15 is 0 Å². The van der Waals surface area contributed by atoms with Gasteiger partial charge in [0, 0.05) is 29.3 Å². The average Bonchev–Trinajstić information content (AvgIpc) is 3.38. The van der Waals surface area contributed by atoms with Crippen molar-refractivity contribution in [3.63, 3.8) is 0 Å². The van der Waals surface area contributed by atoms with E-state index in [1.54, 1.807) is 9.00 Å². The first kappa shape index (κ1) is 22.4. The maximum absolute atomic E-state index is 2.43. The Balaban J connectivity index is 1.68. The van der Waals surface area contributed by atoms with Crippen molar-refractivity contribution >= 4 is 70.5 Å². The average molecular weight is 503 g/mol. The second-order valence-corrected chi connectivity index (χ2v) is 25.1. The topological polar surface area (TPSA) is 0 Å². The predicted molar refractivity (Wildman–Crippen MR) is 150 cm³/mol. The molecule has 0 bridgehead atoms. The lowest BCUT2D eigenvalue weighted by Gasteiger charge is -2.12. The molecule has 0 fully saturated rings. The number of rotatable bonds is 5. The summed E-state index contributed by atoms with van der Waals surface area (Å²) in [6, 6.07) is 14.2. The second-order valence-electron chi connectivity index (χ2n) is 10.1. The van der Waals surface area contributed by atoms with Gasteiger partial charge in [-0.15, -0.1) is 45.3 Å². The van der Waals surface area contributed by atoms with Gasteiger partial charge in [-0.1, -0.05) is 51.4 Å². The Morgan fingerprint density at radius 1 is 0.500 bits per heavy atom. The van der Waals surface area contributed by atoms with Crippen LogP contribution in [-0.2, 0) is 0 Å². The van der Waals surface area contributed by atoms with E-state index in [1.165, 1.54) is 40.4 Å². The van der Waals surface area contributed by atoms with Crippen LogP contribution >= 0.6 is 45.3 Å². The minimum atomic E-state index is -1.24. The molecule has 158 valence electrons. The van der Waals surface area contributed by atoms with E-state index in [1.807, 2.05) is 45.3 Å². The van der Waals surface area contributed by atoms with Gasteiger partial charge in [0.2, 0.25) is 0 Å². The largest absolute Gasteiger partial charge is 0.144 e. The van der Waals surface area contributed by atoms with Crippen LogP contribution in [0.2, 0.25) is 39.3 Å². The van der Waals surface area contributed by atoms with Crippen LogP contribution in [0.25, 0.3) is 29.3 Å². The van der Waals surface area contributed by atoms with Crippen LogP contribution in [0.4, 0.5) is 0 Å². The smallest absolute Gasteiger partial charge is 0.0904 e. The van der Waals surface area contributed by atoms with Crippen molar-refractivity contribution in [1.82, 2.24) is 0 Å². The molecule has 4 heterocycles. The van der Waals surface area contributed by atoms with E-state index in [9.17, 15) is 0 Å². The zero-order chi connectivity index (χ0) is 21.8. The Labute approximate surface area is 199 Å². The van der Waals surface area contributed by atoms with E-state index in [0.29, 0.717) is 0 Å². The number of hydrogen-bond acceptors (Lipinski definition) is 4. The molecule has 0 aliphatic carbocycles. The van der Waals surface area contributed by atoms with Crippen LogP contribution in [0, 0.1) is 13.8 Å². The first-order valence-electron chi connectivity index (χ1n) is 10.4. The quantitative estimate of drug-likeness (QED) is 0.239. The summed E-state index contributed by atoms with van der Waals surface area (Å²) in [7, 11) is -2.49.